The largest absolute Gasteiger partial charge is 0.361 e. The Morgan fingerprint density at radius 2 is 2.09 bits per heavy atom. The fourth-order valence-electron chi connectivity index (χ4n) is 2.34. The van der Waals surface area contributed by atoms with Crippen molar-refractivity contribution in [3.63, 3.8) is 0 Å². The normalized spacial score (nSPS) is 10.8. The molecule has 2 aromatic heterocycles. The summed E-state index contributed by atoms with van der Waals surface area (Å²) >= 11 is 6.13. The minimum absolute atomic E-state index is 0.157. The van der Waals surface area contributed by atoms with Crippen molar-refractivity contribution < 1.29 is 0 Å². The van der Waals surface area contributed by atoms with Crippen LogP contribution in [0.5, 0.6) is 0 Å². The summed E-state index contributed by atoms with van der Waals surface area (Å²) in [5.74, 6) is 0.320. The zero-order chi connectivity index (χ0) is 15.5. The first-order valence-corrected chi connectivity index (χ1v) is 7.40. The molecule has 1 N–H and O–H groups in total. The van der Waals surface area contributed by atoms with Gasteiger partial charge in [-0.05, 0) is 24.6 Å². The van der Waals surface area contributed by atoms with Crippen LogP contribution in [0.2, 0.25) is 5.02 Å². The fraction of sp³-hybridized carbons (Fsp3) is 0.188. The van der Waals surface area contributed by atoms with Crippen LogP contribution in [0, 0.1) is 0 Å². The Kier molecular flexibility index (Phi) is 4.06. The van der Waals surface area contributed by atoms with E-state index in [1.54, 1.807) is 23.0 Å². The molecule has 0 unspecified atom stereocenters. The summed E-state index contributed by atoms with van der Waals surface area (Å²) in [6.45, 7) is 2.93. The monoisotopic (exact) mass is 314 g/mol. The number of nitrogens with zero attached hydrogens (tertiary/aromatic N) is 3. The van der Waals surface area contributed by atoms with Crippen LogP contribution in [0.1, 0.15) is 12.5 Å². The van der Waals surface area contributed by atoms with E-state index in [1.807, 2.05) is 31.2 Å². The van der Waals surface area contributed by atoms with Gasteiger partial charge in [-0.3, -0.25) is 9.78 Å². The molecule has 0 radical (unpaired) electrons. The average molecular weight is 315 g/mol. The van der Waals surface area contributed by atoms with Crippen molar-refractivity contribution in [2.75, 3.05) is 5.32 Å². The third-order valence-corrected chi connectivity index (χ3v) is 3.84. The van der Waals surface area contributed by atoms with E-state index in [-0.39, 0.29) is 5.56 Å². The van der Waals surface area contributed by atoms with E-state index in [2.05, 4.69) is 15.3 Å². The van der Waals surface area contributed by atoms with Crippen molar-refractivity contribution in [2.24, 2.45) is 0 Å². The summed E-state index contributed by atoms with van der Waals surface area (Å²) in [5, 5.41) is 3.75. The fourth-order valence-corrected chi connectivity index (χ4v) is 2.54. The van der Waals surface area contributed by atoms with Crippen molar-refractivity contribution in [3.8, 4) is 0 Å². The highest BCUT2D eigenvalue weighted by Crippen LogP contribution is 2.16. The Hall–Kier alpha value is -2.40. The lowest BCUT2D eigenvalue weighted by Gasteiger charge is -2.11. The summed E-state index contributed by atoms with van der Waals surface area (Å²) in [4.78, 5) is 21.0. The van der Waals surface area contributed by atoms with Gasteiger partial charge in [-0.1, -0.05) is 29.8 Å². The first-order chi connectivity index (χ1) is 10.7. The molecule has 6 heteroatoms. The first kappa shape index (κ1) is 14.5. The Labute approximate surface area is 132 Å². The molecule has 0 fully saturated rings. The van der Waals surface area contributed by atoms with Crippen LogP contribution < -0.4 is 10.9 Å². The molecule has 0 bridgehead atoms. The maximum absolute atomic E-state index is 12.5. The van der Waals surface area contributed by atoms with E-state index in [0.717, 1.165) is 16.6 Å². The van der Waals surface area contributed by atoms with Gasteiger partial charge in [0, 0.05) is 24.3 Å². The third kappa shape index (κ3) is 2.67. The number of halogens is 1. The Morgan fingerprint density at radius 1 is 1.27 bits per heavy atom. The topological polar surface area (TPSA) is 59.8 Å². The number of fused-ring (bicyclic) bond motifs is 1. The minimum Gasteiger partial charge on any atom is -0.361 e. The zero-order valence-corrected chi connectivity index (χ0v) is 12.8. The summed E-state index contributed by atoms with van der Waals surface area (Å²) in [7, 11) is 0. The van der Waals surface area contributed by atoms with Crippen molar-refractivity contribution in [1.29, 1.82) is 0 Å². The zero-order valence-electron chi connectivity index (χ0n) is 12.1. The SMILES string of the molecule is CCn1c(=O)c(NCc2ccccc2Cl)nc2ccncc21. The summed E-state index contributed by atoms with van der Waals surface area (Å²) < 4.78 is 1.66. The third-order valence-electron chi connectivity index (χ3n) is 3.47. The van der Waals surface area contributed by atoms with Crippen molar-refractivity contribution in [1.82, 2.24) is 14.5 Å². The van der Waals surface area contributed by atoms with Gasteiger partial charge >= 0.3 is 0 Å². The van der Waals surface area contributed by atoms with Crippen LogP contribution in [0.15, 0.2) is 47.5 Å². The Bertz CT molecular complexity index is 875. The molecule has 0 atom stereocenters. The predicted octanol–water partition coefficient (Wildman–Crippen LogP) is 3.08. The number of hydrogen-bond donors (Lipinski definition) is 1. The average Bonchev–Trinajstić information content (AvgIpc) is 2.54. The van der Waals surface area contributed by atoms with Gasteiger partial charge in [0.25, 0.3) is 5.56 Å². The van der Waals surface area contributed by atoms with Crippen LogP contribution >= 0.6 is 11.6 Å². The van der Waals surface area contributed by atoms with E-state index >= 15 is 0 Å². The quantitative estimate of drug-likeness (QED) is 0.804. The van der Waals surface area contributed by atoms with Gasteiger partial charge in [-0.25, -0.2) is 4.98 Å². The number of benzene rings is 1. The second-order valence-corrected chi connectivity index (χ2v) is 5.23. The van der Waals surface area contributed by atoms with Crippen LogP contribution in [0.3, 0.4) is 0 Å². The maximum atomic E-state index is 12.5. The van der Waals surface area contributed by atoms with E-state index in [1.165, 1.54) is 0 Å². The van der Waals surface area contributed by atoms with Gasteiger partial charge in [0.05, 0.1) is 17.2 Å². The van der Waals surface area contributed by atoms with E-state index in [0.29, 0.717) is 23.9 Å². The number of hydrogen-bond acceptors (Lipinski definition) is 4. The first-order valence-electron chi connectivity index (χ1n) is 7.02. The number of pyridine rings is 1. The van der Waals surface area contributed by atoms with E-state index in [4.69, 9.17) is 11.6 Å². The van der Waals surface area contributed by atoms with Crippen LogP contribution in [-0.2, 0) is 13.1 Å². The molecule has 3 rings (SSSR count). The molecular weight excluding hydrogens is 300 g/mol. The second kappa shape index (κ2) is 6.15. The van der Waals surface area contributed by atoms with Crippen LogP contribution in [0.25, 0.3) is 11.0 Å². The number of aromatic nitrogens is 3. The van der Waals surface area contributed by atoms with Gasteiger partial charge in [0.2, 0.25) is 0 Å². The van der Waals surface area contributed by atoms with Gasteiger partial charge in [0.15, 0.2) is 5.82 Å². The van der Waals surface area contributed by atoms with Gasteiger partial charge in [-0.2, -0.15) is 0 Å². The van der Waals surface area contributed by atoms with Crippen molar-refractivity contribution in [2.45, 2.75) is 20.0 Å². The molecule has 0 aliphatic heterocycles. The van der Waals surface area contributed by atoms with Gasteiger partial charge < -0.3 is 9.88 Å². The molecule has 0 saturated heterocycles. The van der Waals surface area contributed by atoms with Crippen molar-refractivity contribution >= 4 is 28.5 Å². The maximum Gasteiger partial charge on any atom is 0.293 e. The summed E-state index contributed by atoms with van der Waals surface area (Å²) in [6.07, 6.45) is 3.32. The molecule has 0 aliphatic carbocycles. The molecule has 0 aliphatic rings. The molecule has 2 heterocycles. The Balaban J connectivity index is 1.99. The highest BCUT2D eigenvalue weighted by atomic mass is 35.5. The van der Waals surface area contributed by atoms with Gasteiger partial charge in [-0.15, -0.1) is 0 Å². The lowest BCUT2D eigenvalue weighted by Crippen LogP contribution is -2.25. The van der Waals surface area contributed by atoms with Gasteiger partial charge in [0.1, 0.15) is 0 Å². The highest BCUT2D eigenvalue weighted by molar-refractivity contribution is 6.31. The molecule has 112 valence electrons. The second-order valence-electron chi connectivity index (χ2n) is 4.82. The minimum atomic E-state index is -0.157. The molecule has 3 aromatic rings. The smallest absolute Gasteiger partial charge is 0.293 e. The molecule has 5 nitrogen and oxygen atoms in total. The molecule has 0 saturated carbocycles. The molecule has 22 heavy (non-hydrogen) atoms. The van der Waals surface area contributed by atoms with Crippen LogP contribution in [0.4, 0.5) is 5.82 Å². The standard InChI is InChI=1S/C16H15ClN4O/c1-2-21-14-10-18-8-7-13(14)20-15(16(21)22)19-9-11-5-3-4-6-12(11)17/h3-8,10H,2,9H2,1H3,(H,19,20). The lowest BCUT2D eigenvalue weighted by molar-refractivity contribution is 0.752. The van der Waals surface area contributed by atoms with Crippen molar-refractivity contribution in [3.05, 3.63) is 63.7 Å². The lowest BCUT2D eigenvalue weighted by atomic mass is 10.2. The summed E-state index contributed by atoms with van der Waals surface area (Å²) in [5.41, 5.74) is 2.23. The predicted molar refractivity (Wildman–Crippen MR) is 88.3 cm³/mol. The molecule has 0 spiro atoms. The number of anilines is 1. The number of aryl methyl sites for hydroxylation is 1. The van der Waals surface area contributed by atoms with Crippen LogP contribution in [-0.4, -0.2) is 14.5 Å². The molecular formula is C16H15ClN4O. The number of nitrogens with one attached hydrogen (secondary N) is 1. The molecule has 1 aromatic carbocycles. The Morgan fingerprint density at radius 3 is 2.86 bits per heavy atom. The molecule has 0 amide bonds. The van der Waals surface area contributed by atoms with E-state index in [9.17, 15) is 4.79 Å². The number of rotatable bonds is 4. The van der Waals surface area contributed by atoms with E-state index < -0.39 is 0 Å². The summed E-state index contributed by atoms with van der Waals surface area (Å²) in [6, 6.07) is 9.31. The highest BCUT2D eigenvalue weighted by Gasteiger charge is 2.10.